The highest BCUT2D eigenvalue weighted by Gasteiger charge is 2.43. The van der Waals surface area contributed by atoms with E-state index in [1.165, 1.54) is 6.92 Å². The molecule has 0 fully saturated rings. The quantitative estimate of drug-likeness (QED) is 0.723. The van der Waals surface area contributed by atoms with Crippen molar-refractivity contribution in [2.24, 2.45) is 10.8 Å². The van der Waals surface area contributed by atoms with Gasteiger partial charge in [0, 0.05) is 12.3 Å². The van der Waals surface area contributed by atoms with Gasteiger partial charge in [0.2, 0.25) is 0 Å². The van der Waals surface area contributed by atoms with Gasteiger partial charge >= 0.3 is 11.9 Å². The Morgan fingerprint density at radius 2 is 1.45 bits per heavy atom. The van der Waals surface area contributed by atoms with E-state index < -0.39 is 5.60 Å². The molecular weight excluding hydrogens is 256 g/mol. The fourth-order valence-electron chi connectivity index (χ4n) is 2.05. The van der Waals surface area contributed by atoms with Crippen LogP contribution in [0.15, 0.2) is 0 Å². The predicted octanol–water partition coefficient (Wildman–Crippen LogP) is 3.72. The molecule has 0 bridgehead atoms. The van der Waals surface area contributed by atoms with Gasteiger partial charge in [0.25, 0.3) is 0 Å². The molecule has 0 aromatic heterocycles. The lowest BCUT2D eigenvalue weighted by Gasteiger charge is -2.44. The van der Waals surface area contributed by atoms with Crippen LogP contribution in [-0.4, -0.2) is 24.1 Å². The summed E-state index contributed by atoms with van der Waals surface area (Å²) in [5.74, 6) is -0.709. The van der Waals surface area contributed by atoms with E-state index in [9.17, 15) is 9.59 Å². The highest BCUT2D eigenvalue weighted by atomic mass is 16.6. The van der Waals surface area contributed by atoms with Crippen LogP contribution in [0.3, 0.4) is 0 Å². The summed E-state index contributed by atoms with van der Waals surface area (Å²) in [4.78, 5) is 22.6. The molecule has 0 spiro atoms. The maximum atomic E-state index is 12.0. The number of hydrogen-bond donors (Lipinski definition) is 0. The minimum atomic E-state index is -0.557. The van der Waals surface area contributed by atoms with Crippen LogP contribution in [0.25, 0.3) is 0 Å². The monoisotopic (exact) mass is 286 g/mol. The molecule has 0 aliphatic heterocycles. The first-order valence-electron chi connectivity index (χ1n) is 7.12. The standard InChI is InChI=1S/C16H30O4/c1-12(17)19-10-9-13(18)20-16(8,15(5,6)7)11-14(2,3)4/h9-11H2,1-8H3. The van der Waals surface area contributed by atoms with Gasteiger partial charge in [-0.2, -0.15) is 0 Å². The van der Waals surface area contributed by atoms with E-state index in [1.807, 2.05) is 6.92 Å². The third-order valence-electron chi connectivity index (χ3n) is 3.40. The zero-order valence-corrected chi connectivity index (χ0v) is 14.3. The van der Waals surface area contributed by atoms with Crippen LogP contribution in [0, 0.1) is 10.8 Å². The summed E-state index contributed by atoms with van der Waals surface area (Å²) in [6.45, 7) is 16.0. The normalized spacial score (nSPS) is 15.4. The van der Waals surface area contributed by atoms with Crippen molar-refractivity contribution in [2.45, 2.75) is 73.8 Å². The number of carbonyl (C=O) groups excluding carboxylic acids is 2. The molecular formula is C16H30O4. The lowest BCUT2D eigenvalue weighted by Crippen LogP contribution is -2.47. The van der Waals surface area contributed by atoms with E-state index >= 15 is 0 Å². The molecule has 20 heavy (non-hydrogen) atoms. The summed E-state index contributed by atoms with van der Waals surface area (Å²) in [5.41, 5.74) is -0.672. The fraction of sp³-hybridized carbons (Fsp3) is 0.875. The number of carbonyl (C=O) groups is 2. The van der Waals surface area contributed by atoms with Crippen LogP contribution in [0.1, 0.15) is 68.2 Å². The molecule has 0 saturated heterocycles. The van der Waals surface area contributed by atoms with E-state index in [-0.39, 0.29) is 35.8 Å². The van der Waals surface area contributed by atoms with Gasteiger partial charge in [-0.1, -0.05) is 41.5 Å². The van der Waals surface area contributed by atoms with Gasteiger partial charge < -0.3 is 9.47 Å². The third kappa shape index (κ3) is 6.92. The van der Waals surface area contributed by atoms with Crippen LogP contribution in [-0.2, 0) is 19.1 Å². The highest BCUT2D eigenvalue weighted by Crippen LogP contribution is 2.42. The first-order valence-corrected chi connectivity index (χ1v) is 7.12. The van der Waals surface area contributed by atoms with Crippen molar-refractivity contribution in [2.75, 3.05) is 6.61 Å². The van der Waals surface area contributed by atoms with Crippen LogP contribution in [0.5, 0.6) is 0 Å². The van der Waals surface area contributed by atoms with Crippen molar-refractivity contribution in [3.63, 3.8) is 0 Å². The molecule has 0 rings (SSSR count). The minimum absolute atomic E-state index is 0.0538. The van der Waals surface area contributed by atoms with E-state index in [1.54, 1.807) is 0 Å². The molecule has 0 radical (unpaired) electrons. The van der Waals surface area contributed by atoms with Gasteiger partial charge in [-0.05, 0) is 18.8 Å². The smallest absolute Gasteiger partial charge is 0.309 e. The SMILES string of the molecule is CC(=O)OCCC(=O)OC(C)(CC(C)(C)C)C(C)(C)C. The largest absolute Gasteiger partial charge is 0.465 e. The molecule has 118 valence electrons. The average Bonchev–Trinajstić information content (AvgIpc) is 2.11. The zero-order valence-electron chi connectivity index (χ0n) is 14.3. The van der Waals surface area contributed by atoms with Crippen molar-refractivity contribution in [1.82, 2.24) is 0 Å². The van der Waals surface area contributed by atoms with Crippen molar-refractivity contribution in [3.05, 3.63) is 0 Å². The molecule has 4 heteroatoms. The number of hydrogen-bond acceptors (Lipinski definition) is 4. The zero-order chi connectivity index (χ0) is 16.2. The molecule has 0 aliphatic carbocycles. The summed E-state index contributed by atoms with van der Waals surface area (Å²) in [5, 5.41) is 0. The minimum Gasteiger partial charge on any atom is -0.465 e. The molecule has 1 atom stereocenters. The molecule has 0 saturated carbocycles. The summed E-state index contributed by atoms with van der Waals surface area (Å²) in [6.07, 6.45) is 0.859. The van der Waals surface area contributed by atoms with Gasteiger partial charge in [0.15, 0.2) is 0 Å². The van der Waals surface area contributed by atoms with E-state index in [0.29, 0.717) is 0 Å². The Bertz CT molecular complexity index is 346. The van der Waals surface area contributed by atoms with Crippen molar-refractivity contribution >= 4 is 11.9 Å². The molecule has 0 heterocycles. The van der Waals surface area contributed by atoms with Gasteiger partial charge in [0.1, 0.15) is 12.2 Å². The Morgan fingerprint density at radius 3 is 1.80 bits per heavy atom. The molecule has 0 aromatic rings. The van der Waals surface area contributed by atoms with Crippen molar-refractivity contribution in [1.29, 1.82) is 0 Å². The van der Waals surface area contributed by atoms with Crippen molar-refractivity contribution < 1.29 is 19.1 Å². The predicted molar refractivity (Wildman–Crippen MR) is 79.3 cm³/mol. The van der Waals surface area contributed by atoms with E-state index in [4.69, 9.17) is 9.47 Å². The topological polar surface area (TPSA) is 52.6 Å². The summed E-state index contributed by atoms with van der Waals surface area (Å²) >= 11 is 0. The molecule has 0 aromatic carbocycles. The van der Waals surface area contributed by atoms with Gasteiger partial charge in [-0.3, -0.25) is 9.59 Å². The first-order chi connectivity index (χ1) is 8.77. The average molecular weight is 286 g/mol. The van der Waals surface area contributed by atoms with E-state index in [0.717, 1.165) is 6.42 Å². The van der Waals surface area contributed by atoms with Gasteiger partial charge in [-0.15, -0.1) is 0 Å². The van der Waals surface area contributed by atoms with E-state index in [2.05, 4.69) is 41.5 Å². The van der Waals surface area contributed by atoms with Crippen LogP contribution < -0.4 is 0 Å². The number of ether oxygens (including phenoxy) is 2. The van der Waals surface area contributed by atoms with Gasteiger partial charge in [-0.25, -0.2) is 0 Å². The molecule has 0 N–H and O–H groups in total. The van der Waals surface area contributed by atoms with Crippen LogP contribution >= 0.6 is 0 Å². The molecule has 4 nitrogen and oxygen atoms in total. The Hall–Kier alpha value is -1.06. The number of rotatable bonds is 5. The second-order valence-corrected chi connectivity index (χ2v) is 7.78. The summed E-state index contributed by atoms with van der Waals surface area (Å²) in [6, 6.07) is 0. The molecule has 1 unspecified atom stereocenters. The Labute approximate surface area is 123 Å². The van der Waals surface area contributed by atoms with Crippen molar-refractivity contribution in [3.8, 4) is 0 Å². The number of esters is 2. The van der Waals surface area contributed by atoms with Gasteiger partial charge in [0.05, 0.1) is 6.42 Å². The summed E-state index contributed by atoms with van der Waals surface area (Å²) < 4.78 is 10.5. The summed E-state index contributed by atoms with van der Waals surface area (Å²) in [7, 11) is 0. The molecule has 0 amide bonds. The Balaban J connectivity index is 4.75. The lowest BCUT2D eigenvalue weighted by molar-refractivity contribution is -0.176. The Kier molecular flexibility index (Phi) is 6.25. The van der Waals surface area contributed by atoms with Crippen LogP contribution in [0.2, 0.25) is 0 Å². The van der Waals surface area contributed by atoms with Crippen LogP contribution in [0.4, 0.5) is 0 Å². The second-order valence-electron chi connectivity index (χ2n) is 7.78. The third-order valence-corrected chi connectivity index (χ3v) is 3.40. The molecule has 0 aliphatic rings. The maximum Gasteiger partial charge on any atom is 0.309 e. The second kappa shape index (κ2) is 6.59. The lowest BCUT2D eigenvalue weighted by atomic mass is 9.69. The highest BCUT2D eigenvalue weighted by molar-refractivity contribution is 5.71. The fourth-order valence-corrected chi connectivity index (χ4v) is 2.05. The Morgan fingerprint density at radius 1 is 0.950 bits per heavy atom. The first kappa shape index (κ1) is 18.9. The maximum absolute atomic E-state index is 12.0.